The molecule has 2 heterocycles. The Balaban J connectivity index is 1.41. The number of amides is 1. The maximum Gasteiger partial charge on any atom is 0.279 e. The lowest BCUT2D eigenvalue weighted by Crippen LogP contribution is -2.51. The first-order chi connectivity index (χ1) is 12.1. The first kappa shape index (κ1) is 17.0. The number of nitrogens with zero attached hydrogens (tertiary/aromatic N) is 3. The van der Waals surface area contributed by atoms with Gasteiger partial charge in [0.1, 0.15) is 0 Å². The van der Waals surface area contributed by atoms with Crippen molar-refractivity contribution in [2.75, 3.05) is 49.9 Å². The Morgan fingerprint density at radius 3 is 2.52 bits per heavy atom. The van der Waals surface area contributed by atoms with Crippen molar-refractivity contribution in [3.8, 4) is 0 Å². The quantitative estimate of drug-likeness (QED) is 0.468. The van der Waals surface area contributed by atoms with Gasteiger partial charge in [-0.15, -0.1) is 0 Å². The number of nitrogen functional groups attached to an aromatic ring is 1. The van der Waals surface area contributed by atoms with Gasteiger partial charge < -0.3 is 16.3 Å². The minimum absolute atomic E-state index is 0.0877. The predicted octanol–water partition coefficient (Wildman–Crippen LogP) is 0.454. The maximum atomic E-state index is 12.1. The van der Waals surface area contributed by atoms with Crippen molar-refractivity contribution < 1.29 is 9.52 Å². The minimum Gasteiger partial charge on any atom is -0.711 e. The van der Waals surface area contributed by atoms with Crippen molar-refractivity contribution in [3.63, 3.8) is 0 Å². The summed E-state index contributed by atoms with van der Waals surface area (Å²) in [7, 11) is 0. The average Bonchev–Trinajstić information content (AvgIpc) is 2.63. The van der Waals surface area contributed by atoms with Gasteiger partial charge in [-0.25, -0.2) is 4.73 Å². The number of anilines is 2. The van der Waals surface area contributed by atoms with Crippen LogP contribution in [0.1, 0.15) is 10.4 Å². The van der Waals surface area contributed by atoms with Crippen LogP contribution in [0.15, 0.2) is 48.7 Å². The molecule has 7 heteroatoms. The number of carbonyl (C=O) groups excluding carboxylic acids is 1. The molecule has 3 N–H and O–H groups in total. The van der Waals surface area contributed by atoms with Crippen LogP contribution in [0.25, 0.3) is 0 Å². The zero-order valence-electron chi connectivity index (χ0n) is 14.1. The molecule has 0 spiro atoms. The van der Waals surface area contributed by atoms with Crippen LogP contribution in [0.4, 0.5) is 11.5 Å². The van der Waals surface area contributed by atoms with Crippen LogP contribution in [0.5, 0.6) is 0 Å². The van der Waals surface area contributed by atoms with Gasteiger partial charge in [-0.3, -0.25) is 14.6 Å². The van der Waals surface area contributed by atoms with Crippen molar-refractivity contribution in [2.24, 2.45) is 0 Å². The van der Waals surface area contributed by atoms with E-state index in [0.717, 1.165) is 37.5 Å². The second-order valence-electron chi connectivity index (χ2n) is 6.09. The molecular formula is C18H23N5O2. The third-order valence-corrected chi connectivity index (χ3v) is 4.39. The highest BCUT2D eigenvalue weighted by Crippen LogP contribution is 2.11. The summed E-state index contributed by atoms with van der Waals surface area (Å²) in [5.41, 5.74) is 6.88. The van der Waals surface area contributed by atoms with E-state index in [1.807, 2.05) is 12.1 Å². The summed E-state index contributed by atoms with van der Waals surface area (Å²) >= 11 is 0. The summed E-state index contributed by atoms with van der Waals surface area (Å²) < 4.78 is 0.905. The van der Waals surface area contributed by atoms with Crippen LogP contribution in [-0.4, -0.2) is 50.1 Å². The van der Waals surface area contributed by atoms with Crippen LogP contribution >= 0.6 is 0 Å². The summed E-state index contributed by atoms with van der Waals surface area (Å²) in [6, 6.07) is 12.3. The number of hydrogen-bond acceptors (Lipinski definition) is 5. The molecule has 7 nitrogen and oxygen atoms in total. The highest BCUT2D eigenvalue weighted by Gasteiger charge is 2.23. The van der Waals surface area contributed by atoms with Crippen molar-refractivity contribution >= 4 is 17.4 Å². The molecule has 0 radical (unpaired) electrons. The van der Waals surface area contributed by atoms with E-state index in [1.165, 1.54) is 6.20 Å². The summed E-state index contributed by atoms with van der Waals surface area (Å²) in [6.07, 6.45) is 1.52. The van der Waals surface area contributed by atoms with Crippen LogP contribution < -0.4 is 20.7 Å². The third-order valence-electron chi connectivity index (χ3n) is 4.39. The number of benzene rings is 1. The van der Waals surface area contributed by atoms with Gasteiger partial charge in [-0.1, -0.05) is 6.07 Å². The largest absolute Gasteiger partial charge is 0.711 e. The molecule has 25 heavy (non-hydrogen) atoms. The molecular weight excluding hydrogens is 318 g/mol. The zero-order chi connectivity index (χ0) is 17.6. The number of nitrogens with two attached hydrogens (primary N) is 1. The topological polar surface area (TPSA) is 88.5 Å². The molecule has 1 fully saturated rings. The van der Waals surface area contributed by atoms with Gasteiger partial charge in [-0.2, -0.15) is 0 Å². The summed E-state index contributed by atoms with van der Waals surface area (Å²) in [4.78, 5) is 16.4. The molecule has 1 amide bonds. The van der Waals surface area contributed by atoms with E-state index in [0.29, 0.717) is 23.6 Å². The maximum absolute atomic E-state index is 12.1. The first-order valence-corrected chi connectivity index (χ1v) is 8.43. The number of rotatable bonds is 5. The molecule has 1 saturated heterocycles. The number of nitrogens with one attached hydrogen (secondary N) is 1. The third kappa shape index (κ3) is 4.39. The van der Waals surface area contributed by atoms with E-state index < -0.39 is 0 Å². The van der Waals surface area contributed by atoms with Crippen LogP contribution in [-0.2, 0) is 0 Å². The normalized spacial score (nSPS) is 15.1. The van der Waals surface area contributed by atoms with Crippen LogP contribution in [0.2, 0.25) is 0 Å². The summed E-state index contributed by atoms with van der Waals surface area (Å²) in [5.74, 6) is 0.606. The van der Waals surface area contributed by atoms with E-state index >= 15 is 0 Å². The van der Waals surface area contributed by atoms with Crippen LogP contribution in [0.3, 0.4) is 0 Å². The zero-order valence-corrected chi connectivity index (χ0v) is 14.1. The number of aromatic nitrogens is 1. The number of carbonyl (C=O) groups is 1. The van der Waals surface area contributed by atoms with Gasteiger partial charge in [0.15, 0.2) is 0 Å². The molecule has 0 aliphatic carbocycles. The molecule has 0 atom stereocenters. The Labute approximate surface area is 147 Å². The monoisotopic (exact) mass is 341 g/mol. The average molecular weight is 341 g/mol. The summed E-state index contributed by atoms with van der Waals surface area (Å²) in [5, 5.41) is 14.7. The predicted molar refractivity (Wildman–Crippen MR) is 97.2 cm³/mol. The van der Waals surface area contributed by atoms with Crippen molar-refractivity contribution in [1.82, 2.24) is 10.2 Å². The molecule has 1 aromatic heterocycles. The molecule has 1 aliphatic rings. The van der Waals surface area contributed by atoms with Gasteiger partial charge in [0.25, 0.3) is 11.7 Å². The second-order valence-corrected chi connectivity index (χ2v) is 6.09. The Hall–Kier alpha value is -2.80. The highest BCUT2D eigenvalue weighted by molar-refractivity contribution is 5.94. The lowest BCUT2D eigenvalue weighted by Gasteiger charge is -2.32. The van der Waals surface area contributed by atoms with Gasteiger partial charge in [0.2, 0.25) is 0 Å². The van der Waals surface area contributed by atoms with Gasteiger partial charge >= 0.3 is 0 Å². The fourth-order valence-corrected chi connectivity index (χ4v) is 2.93. The smallest absolute Gasteiger partial charge is 0.279 e. The fourth-order valence-electron chi connectivity index (χ4n) is 2.93. The molecule has 3 rings (SSSR count). The van der Waals surface area contributed by atoms with Crippen LogP contribution in [0, 0.1) is 5.21 Å². The number of piperazine rings is 1. The summed E-state index contributed by atoms with van der Waals surface area (Å²) in [6.45, 7) is 4.73. The molecule has 1 aromatic carbocycles. The molecule has 1 aliphatic heterocycles. The van der Waals surface area contributed by atoms with Gasteiger partial charge in [-0.05, 0) is 30.3 Å². The molecule has 132 valence electrons. The fraction of sp³-hybridized carbons (Fsp3) is 0.333. The SMILES string of the molecule is Nc1ccc(C(=O)NCCN2CCN(c3cccc[n+]3[O-])CC2)cc1. The van der Waals surface area contributed by atoms with Gasteiger partial charge in [0.05, 0.1) is 19.3 Å². The number of pyridine rings is 1. The molecule has 2 aromatic rings. The van der Waals surface area contributed by atoms with E-state index in [2.05, 4.69) is 15.1 Å². The van der Waals surface area contributed by atoms with Crippen molar-refractivity contribution in [2.45, 2.75) is 0 Å². The second kappa shape index (κ2) is 7.85. The van der Waals surface area contributed by atoms with E-state index in [9.17, 15) is 10.0 Å². The first-order valence-electron chi connectivity index (χ1n) is 8.43. The van der Waals surface area contributed by atoms with E-state index in [4.69, 9.17) is 5.73 Å². The molecule has 0 bridgehead atoms. The lowest BCUT2D eigenvalue weighted by atomic mass is 10.2. The van der Waals surface area contributed by atoms with E-state index in [-0.39, 0.29) is 5.91 Å². The highest BCUT2D eigenvalue weighted by atomic mass is 16.5. The minimum atomic E-state index is -0.0877. The lowest BCUT2D eigenvalue weighted by molar-refractivity contribution is -0.592. The van der Waals surface area contributed by atoms with Gasteiger partial charge in [0, 0.05) is 43.5 Å². The molecule has 0 unspecified atom stereocenters. The van der Waals surface area contributed by atoms with E-state index in [1.54, 1.807) is 30.3 Å². The molecule has 0 saturated carbocycles. The Bertz CT molecular complexity index is 712. The van der Waals surface area contributed by atoms with Crippen molar-refractivity contribution in [3.05, 3.63) is 59.4 Å². The number of hydrogen-bond donors (Lipinski definition) is 2. The standard InChI is InChI=1S/C18H23N5O2/c19-16-6-4-15(5-7-16)18(24)20-8-10-21-11-13-22(14-12-21)17-3-1-2-9-23(17)25/h1-7,9H,8,10-14,19H2,(H,20,24). The van der Waals surface area contributed by atoms with Crippen molar-refractivity contribution in [1.29, 1.82) is 0 Å². The Morgan fingerprint density at radius 2 is 1.84 bits per heavy atom. The Kier molecular flexibility index (Phi) is 5.35. The Morgan fingerprint density at radius 1 is 1.12 bits per heavy atom.